The van der Waals surface area contributed by atoms with Gasteiger partial charge in [-0.2, -0.15) is 0 Å². The molecule has 2 unspecified atom stereocenters. The van der Waals surface area contributed by atoms with Crippen LogP contribution in [0.4, 0.5) is 0 Å². The van der Waals surface area contributed by atoms with Gasteiger partial charge in [0.2, 0.25) is 5.91 Å². The Morgan fingerprint density at radius 1 is 1.38 bits per heavy atom. The number of rotatable bonds is 5. The third kappa shape index (κ3) is 2.99. The number of nitrogens with one attached hydrogen (secondary N) is 1. The highest BCUT2D eigenvalue weighted by molar-refractivity contribution is 5.80. The van der Waals surface area contributed by atoms with Crippen molar-refractivity contribution in [2.75, 3.05) is 0 Å². The summed E-state index contributed by atoms with van der Waals surface area (Å²) in [4.78, 5) is 11.1. The van der Waals surface area contributed by atoms with Crippen LogP contribution in [-0.4, -0.2) is 18.0 Å². The lowest BCUT2D eigenvalue weighted by Crippen LogP contribution is -2.49. The van der Waals surface area contributed by atoms with Crippen molar-refractivity contribution in [3.05, 3.63) is 0 Å². The molecule has 0 radical (unpaired) electrons. The molecule has 3 heteroatoms. The highest BCUT2D eigenvalue weighted by atomic mass is 16.1. The van der Waals surface area contributed by atoms with E-state index in [2.05, 4.69) is 12.2 Å². The van der Waals surface area contributed by atoms with Crippen molar-refractivity contribution in [3.8, 4) is 0 Å². The third-order valence-electron chi connectivity index (χ3n) is 2.74. The van der Waals surface area contributed by atoms with Crippen molar-refractivity contribution in [2.24, 2.45) is 17.6 Å². The topological polar surface area (TPSA) is 55.1 Å². The lowest BCUT2D eigenvalue weighted by Gasteiger charge is -2.23. The second-order valence-electron chi connectivity index (χ2n) is 4.42. The summed E-state index contributed by atoms with van der Waals surface area (Å²) in [6.45, 7) is 6.17. The molecule has 0 saturated heterocycles. The van der Waals surface area contributed by atoms with E-state index in [0.29, 0.717) is 6.04 Å². The number of nitrogens with two attached hydrogens (primary N) is 1. The summed E-state index contributed by atoms with van der Waals surface area (Å²) in [5.74, 6) is 0.807. The normalized spacial score (nSPS) is 21.5. The Balaban J connectivity index is 2.41. The minimum absolute atomic E-state index is 0.171. The summed E-state index contributed by atoms with van der Waals surface area (Å²) in [7, 11) is 0. The molecule has 1 fully saturated rings. The standard InChI is InChI=1S/C10H20N2O/c1-6(2)9(10(11)13)12-7(3)8-4-5-8/h6-9,12H,4-5H2,1-3H3,(H2,11,13). The first kappa shape index (κ1) is 10.5. The Kier molecular flexibility index (Phi) is 3.31. The van der Waals surface area contributed by atoms with E-state index in [4.69, 9.17) is 5.73 Å². The molecular formula is C10H20N2O. The van der Waals surface area contributed by atoms with Crippen LogP contribution in [-0.2, 0) is 4.79 Å². The molecule has 0 spiro atoms. The minimum atomic E-state index is -0.234. The lowest BCUT2D eigenvalue weighted by atomic mass is 10.0. The molecule has 13 heavy (non-hydrogen) atoms. The van der Waals surface area contributed by atoms with Gasteiger partial charge in [0.25, 0.3) is 0 Å². The Morgan fingerprint density at radius 2 is 1.92 bits per heavy atom. The molecular weight excluding hydrogens is 164 g/mol. The van der Waals surface area contributed by atoms with Crippen molar-refractivity contribution < 1.29 is 4.79 Å². The molecule has 1 aliphatic rings. The first-order valence-electron chi connectivity index (χ1n) is 5.07. The highest BCUT2D eigenvalue weighted by Gasteiger charge is 2.31. The second-order valence-corrected chi connectivity index (χ2v) is 4.42. The first-order chi connectivity index (χ1) is 6.02. The Morgan fingerprint density at radius 3 is 2.23 bits per heavy atom. The maximum Gasteiger partial charge on any atom is 0.234 e. The molecule has 0 bridgehead atoms. The van der Waals surface area contributed by atoms with Gasteiger partial charge in [-0.25, -0.2) is 0 Å². The highest BCUT2D eigenvalue weighted by Crippen LogP contribution is 2.32. The van der Waals surface area contributed by atoms with Crippen molar-refractivity contribution in [1.82, 2.24) is 5.32 Å². The molecule has 0 aromatic carbocycles. The van der Waals surface area contributed by atoms with Crippen LogP contribution in [0.1, 0.15) is 33.6 Å². The predicted molar refractivity (Wildman–Crippen MR) is 53.1 cm³/mol. The van der Waals surface area contributed by atoms with Crippen LogP contribution in [0.25, 0.3) is 0 Å². The van der Waals surface area contributed by atoms with E-state index >= 15 is 0 Å². The fourth-order valence-electron chi connectivity index (χ4n) is 1.62. The Labute approximate surface area is 80.1 Å². The van der Waals surface area contributed by atoms with Crippen LogP contribution in [0.3, 0.4) is 0 Å². The average molecular weight is 184 g/mol. The summed E-state index contributed by atoms with van der Waals surface area (Å²) in [5, 5.41) is 3.30. The zero-order valence-electron chi connectivity index (χ0n) is 8.71. The fraction of sp³-hybridized carbons (Fsp3) is 0.900. The van der Waals surface area contributed by atoms with Gasteiger partial charge in [0.1, 0.15) is 0 Å². The van der Waals surface area contributed by atoms with Gasteiger partial charge in [0, 0.05) is 6.04 Å². The number of primary amides is 1. The fourth-order valence-corrected chi connectivity index (χ4v) is 1.62. The molecule has 1 rings (SSSR count). The van der Waals surface area contributed by atoms with Gasteiger partial charge in [0.15, 0.2) is 0 Å². The smallest absolute Gasteiger partial charge is 0.234 e. The van der Waals surface area contributed by atoms with Gasteiger partial charge < -0.3 is 11.1 Å². The zero-order chi connectivity index (χ0) is 10.0. The maximum absolute atomic E-state index is 11.1. The molecule has 3 nitrogen and oxygen atoms in total. The number of hydrogen-bond donors (Lipinski definition) is 2. The van der Waals surface area contributed by atoms with Crippen LogP contribution >= 0.6 is 0 Å². The predicted octanol–water partition coefficient (Wildman–Crippen LogP) is 0.884. The summed E-state index contributed by atoms with van der Waals surface area (Å²) in [5.41, 5.74) is 5.31. The van der Waals surface area contributed by atoms with E-state index < -0.39 is 0 Å². The van der Waals surface area contributed by atoms with Crippen LogP contribution in [0.5, 0.6) is 0 Å². The van der Waals surface area contributed by atoms with E-state index in [-0.39, 0.29) is 17.9 Å². The van der Waals surface area contributed by atoms with Gasteiger partial charge in [-0.3, -0.25) is 4.79 Å². The van der Waals surface area contributed by atoms with Gasteiger partial charge in [-0.1, -0.05) is 13.8 Å². The van der Waals surface area contributed by atoms with Crippen molar-refractivity contribution >= 4 is 5.91 Å². The number of hydrogen-bond acceptors (Lipinski definition) is 2. The summed E-state index contributed by atoms with van der Waals surface area (Å²) >= 11 is 0. The SMILES string of the molecule is CC(C)C(NC(C)C1CC1)C(N)=O. The largest absolute Gasteiger partial charge is 0.368 e. The lowest BCUT2D eigenvalue weighted by molar-refractivity contribution is -0.121. The van der Waals surface area contributed by atoms with Crippen LogP contribution < -0.4 is 11.1 Å². The molecule has 76 valence electrons. The summed E-state index contributed by atoms with van der Waals surface area (Å²) in [6, 6.07) is 0.260. The third-order valence-corrected chi connectivity index (χ3v) is 2.74. The molecule has 1 saturated carbocycles. The molecule has 0 aromatic rings. The van der Waals surface area contributed by atoms with Gasteiger partial charge in [-0.05, 0) is 31.6 Å². The maximum atomic E-state index is 11.1. The minimum Gasteiger partial charge on any atom is -0.368 e. The van der Waals surface area contributed by atoms with Crippen molar-refractivity contribution in [1.29, 1.82) is 0 Å². The summed E-state index contributed by atoms with van der Waals surface area (Å²) < 4.78 is 0. The molecule has 3 N–H and O–H groups in total. The van der Waals surface area contributed by atoms with Gasteiger partial charge in [0.05, 0.1) is 6.04 Å². The molecule has 0 aromatic heterocycles. The average Bonchev–Trinajstić information content (AvgIpc) is 2.80. The van der Waals surface area contributed by atoms with E-state index in [1.807, 2.05) is 13.8 Å². The molecule has 0 aliphatic heterocycles. The monoisotopic (exact) mass is 184 g/mol. The van der Waals surface area contributed by atoms with E-state index in [0.717, 1.165) is 5.92 Å². The van der Waals surface area contributed by atoms with Crippen LogP contribution in [0.2, 0.25) is 0 Å². The number of carbonyl (C=O) groups is 1. The first-order valence-corrected chi connectivity index (χ1v) is 5.07. The van der Waals surface area contributed by atoms with E-state index in [1.165, 1.54) is 12.8 Å². The van der Waals surface area contributed by atoms with Crippen molar-refractivity contribution in [2.45, 2.75) is 45.7 Å². The number of carbonyl (C=O) groups excluding carboxylic acids is 1. The molecule has 1 aliphatic carbocycles. The van der Waals surface area contributed by atoms with E-state index in [1.54, 1.807) is 0 Å². The molecule has 1 amide bonds. The quantitative estimate of drug-likeness (QED) is 0.666. The van der Waals surface area contributed by atoms with Crippen molar-refractivity contribution in [3.63, 3.8) is 0 Å². The number of amides is 1. The Hall–Kier alpha value is -0.570. The molecule has 2 atom stereocenters. The van der Waals surface area contributed by atoms with Crippen LogP contribution in [0.15, 0.2) is 0 Å². The summed E-state index contributed by atoms with van der Waals surface area (Å²) in [6.07, 6.45) is 2.58. The van der Waals surface area contributed by atoms with Crippen LogP contribution in [0, 0.1) is 11.8 Å². The van der Waals surface area contributed by atoms with Gasteiger partial charge >= 0.3 is 0 Å². The zero-order valence-corrected chi connectivity index (χ0v) is 8.71. The molecule has 0 heterocycles. The van der Waals surface area contributed by atoms with Gasteiger partial charge in [-0.15, -0.1) is 0 Å². The Bertz CT molecular complexity index is 187. The van der Waals surface area contributed by atoms with E-state index in [9.17, 15) is 4.79 Å². The second kappa shape index (κ2) is 4.09.